The lowest BCUT2D eigenvalue weighted by Crippen LogP contribution is -2.19. The maximum Gasteiger partial charge on any atom is 0.192 e. The lowest BCUT2D eigenvalue weighted by molar-refractivity contribution is 0.531. The first-order valence-electron chi connectivity index (χ1n) is 6.60. The largest absolute Gasteiger partial charge is 0.310 e. The summed E-state index contributed by atoms with van der Waals surface area (Å²) in [5.41, 5.74) is 1.68. The minimum atomic E-state index is -0.199. The molecule has 3 nitrogen and oxygen atoms in total. The molecule has 0 aliphatic heterocycles. The number of aryl methyl sites for hydroxylation is 1. The van der Waals surface area contributed by atoms with Crippen molar-refractivity contribution >= 4 is 11.8 Å². The third kappa shape index (κ3) is 3.55. The number of aromatic nitrogens is 2. The zero-order chi connectivity index (χ0) is 14.5. The van der Waals surface area contributed by atoms with Crippen LogP contribution in [-0.4, -0.2) is 16.5 Å². The first kappa shape index (κ1) is 14.9. The SMILES string of the molecule is CCNC(C)c1c(F)cccc1Sc1ncc(C)cn1. The van der Waals surface area contributed by atoms with E-state index in [-0.39, 0.29) is 11.9 Å². The summed E-state index contributed by atoms with van der Waals surface area (Å²) in [6, 6.07) is 5.06. The van der Waals surface area contributed by atoms with Gasteiger partial charge in [0.05, 0.1) is 0 Å². The van der Waals surface area contributed by atoms with Crippen LogP contribution >= 0.6 is 11.8 Å². The summed E-state index contributed by atoms with van der Waals surface area (Å²) in [6.07, 6.45) is 3.53. The second kappa shape index (κ2) is 6.81. The van der Waals surface area contributed by atoms with Gasteiger partial charge in [0.25, 0.3) is 0 Å². The first-order chi connectivity index (χ1) is 9.61. The molecule has 0 radical (unpaired) electrons. The van der Waals surface area contributed by atoms with E-state index in [1.807, 2.05) is 26.8 Å². The average molecular weight is 291 g/mol. The highest BCUT2D eigenvalue weighted by atomic mass is 32.2. The van der Waals surface area contributed by atoms with Crippen LogP contribution in [0.2, 0.25) is 0 Å². The van der Waals surface area contributed by atoms with E-state index in [1.165, 1.54) is 17.8 Å². The highest BCUT2D eigenvalue weighted by Gasteiger charge is 2.16. The highest BCUT2D eigenvalue weighted by Crippen LogP contribution is 2.32. The normalized spacial score (nSPS) is 12.4. The molecule has 0 aliphatic carbocycles. The van der Waals surface area contributed by atoms with Crippen molar-refractivity contribution in [1.29, 1.82) is 0 Å². The fourth-order valence-corrected chi connectivity index (χ4v) is 2.90. The minimum absolute atomic E-state index is 0.0471. The third-order valence-corrected chi connectivity index (χ3v) is 3.88. The molecule has 0 fully saturated rings. The minimum Gasteiger partial charge on any atom is -0.310 e. The van der Waals surface area contributed by atoms with Crippen LogP contribution in [0, 0.1) is 12.7 Å². The van der Waals surface area contributed by atoms with Gasteiger partial charge in [-0.2, -0.15) is 0 Å². The molecule has 0 aliphatic rings. The molecule has 0 saturated carbocycles. The molecule has 1 atom stereocenters. The van der Waals surface area contributed by atoms with Gasteiger partial charge in [-0.25, -0.2) is 14.4 Å². The molecule has 1 N–H and O–H groups in total. The van der Waals surface area contributed by atoms with Gasteiger partial charge in [0.15, 0.2) is 5.16 Å². The van der Waals surface area contributed by atoms with Crippen LogP contribution in [0.1, 0.15) is 31.0 Å². The van der Waals surface area contributed by atoms with Crippen LogP contribution in [0.4, 0.5) is 4.39 Å². The Morgan fingerprint density at radius 1 is 1.30 bits per heavy atom. The molecule has 1 aromatic heterocycles. The van der Waals surface area contributed by atoms with Gasteiger partial charge in [0.2, 0.25) is 0 Å². The Labute approximate surface area is 123 Å². The van der Waals surface area contributed by atoms with Gasteiger partial charge in [0, 0.05) is 28.9 Å². The zero-order valence-electron chi connectivity index (χ0n) is 11.9. The van der Waals surface area contributed by atoms with E-state index in [4.69, 9.17) is 0 Å². The number of hydrogen-bond acceptors (Lipinski definition) is 4. The van der Waals surface area contributed by atoms with Crippen molar-refractivity contribution in [2.75, 3.05) is 6.54 Å². The Kier molecular flexibility index (Phi) is 5.09. The number of rotatable bonds is 5. The molecular weight excluding hydrogens is 273 g/mol. The topological polar surface area (TPSA) is 37.8 Å². The summed E-state index contributed by atoms with van der Waals surface area (Å²) < 4.78 is 14.1. The lowest BCUT2D eigenvalue weighted by Gasteiger charge is -2.17. The summed E-state index contributed by atoms with van der Waals surface area (Å²) in [5, 5.41) is 3.87. The predicted octanol–water partition coefficient (Wildman–Crippen LogP) is 3.75. The summed E-state index contributed by atoms with van der Waals surface area (Å²) in [5.74, 6) is -0.199. The van der Waals surface area contributed by atoms with E-state index in [0.29, 0.717) is 10.7 Å². The molecule has 20 heavy (non-hydrogen) atoms. The summed E-state index contributed by atoms with van der Waals surface area (Å²) in [7, 11) is 0. The van der Waals surface area contributed by atoms with Crippen molar-refractivity contribution in [2.24, 2.45) is 0 Å². The molecule has 0 bridgehead atoms. The van der Waals surface area contributed by atoms with E-state index >= 15 is 0 Å². The number of nitrogens with zero attached hydrogens (tertiary/aromatic N) is 2. The standard InChI is InChI=1S/C15H18FN3S/c1-4-17-11(3)14-12(16)6-5-7-13(14)20-15-18-8-10(2)9-19-15/h5-9,11,17H,4H2,1-3H3. The maximum atomic E-state index is 14.1. The van der Waals surface area contributed by atoms with Gasteiger partial charge in [-0.05, 0) is 49.9 Å². The smallest absolute Gasteiger partial charge is 0.192 e. The summed E-state index contributed by atoms with van der Waals surface area (Å²) in [4.78, 5) is 9.37. The summed E-state index contributed by atoms with van der Waals surface area (Å²) >= 11 is 1.39. The third-order valence-electron chi connectivity index (χ3n) is 2.91. The molecule has 1 unspecified atom stereocenters. The van der Waals surface area contributed by atoms with Crippen LogP contribution in [0.3, 0.4) is 0 Å². The van der Waals surface area contributed by atoms with Crippen molar-refractivity contribution in [3.8, 4) is 0 Å². The van der Waals surface area contributed by atoms with Crippen LogP contribution in [-0.2, 0) is 0 Å². The predicted molar refractivity (Wildman–Crippen MR) is 79.4 cm³/mol. The van der Waals surface area contributed by atoms with E-state index in [2.05, 4.69) is 15.3 Å². The number of nitrogens with one attached hydrogen (secondary N) is 1. The van der Waals surface area contributed by atoms with Crippen molar-refractivity contribution < 1.29 is 4.39 Å². The van der Waals surface area contributed by atoms with E-state index < -0.39 is 0 Å². The fourth-order valence-electron chi connectivity index (χ4n) is 1.97. The van der Waals surface area contributed by atoms with Crippen LogP contribution in [0.15, 0.2) is 40.6 Å². The van der Waals surface area contributed by atoms with Crippen molar-refractivity contribution in [1.82, 2.24) is 15.3 Å². The Morgan fingerprint density at radius 2 is 2.00 bits per heavy atom. The van der Waals surface area contributed by atoms with Crippen LogP contribution < -0.4 is 5.32 Å². The molecular formula is C15H18FN3S. The van der Waals surface area contributed by atoms with Crippen molar-refractivity contribution in [2.45, 2.75) is 36.9 Å². The summed E-state index contributed by atoms with van der Waals surface area (Å²) in [6.45, 7) is 6.70. The molecule has 2 aromatic rings. The molecule has 0 spiro atoms. The number of hydrogen-bond donors (Lipinski definition) is 1. The second-order valence-corrected chi connectivity index (χ2v) is 5.59. The molecule has 0 amide bonds. The number of halogens is 1. The van der Waals surface area contributed by atoms with E-state index in [9.17, 15) is 4.39 Å². The molecule has 106 valence electrons. The van der Waals surface area contributed by atoms with Crippen LogP contribution in [0.25, 0.3) is 0 Å². The Hall–Kier alpha value is -1.46. The van der Waals surface area contributed by atoms with Gasteiger partial charge in [-0.3, -0.25) is 0 Å². The molecule has 1 heterocycles. The van der Waals surface area contributed by atoms with Gasteiger partial charge >= 0.3 is 0 Å². The lowest BCUT2D eigenvalue weighted by atomic mass is 10.1. The molecule has 1 aromatic carbocycles. The highest BCUT2D eigenvalue weighted by molar-refractivity contribution is 7.99. The van der Waals surface area contributed by atoms with Crippen LogP contribution in [0.5, 0.6) is 0 Å². The fraction of sp³-hybridized carbons (Fsp3) is 0.333. The molecule has 0 saturated heterocycles. The second-order valence-electron chi connectivity index (χ2n) is 4.58. The van der Waals surface area contributed by atoms with E-state index in [0.717, 1.165) is 17.0 Å². The van der Waals surface area contributed by atoms with E-state index in [1.54, 1.807) is 18.5 Å². The average Bonchev–Trinajstić information content (AvgIpc) is 2.42. The quantitative estimate of drug-likeness (QED) is 0.852. The van der Waals surface area contributed by atoms with Gasteiger partial charge < -0.3 is 5.32 Å². The number of benzene rings is 1. The van der Waals surface area contributed by atoms with Crippen molar-refractivity contribution in [3.63, 3.8) is 0 Å². The maximum absolute atomic E-state index is 14.1. The molecule has 2 rings (SSSR count). The molecule has 5 heteroatoms. The Bertz CT molecular complexity index is 572. The van der Waals surface area contributed by atoms with Gasteiger partial charge in [0.1, 0.15) is 5.82 Å². The van der Waals surface area contributed by atoms with Gasteiger partial charge in [-0.15, -0.1) is 0 Å². The Morgan fingerprint density at radius 3 is 2.65 bits per heavy atom. The Balaban J connectivity index is 2.31. The monoisotopic (exact) mass is 291 g/mol. The first-order valence-corrected chi connectivity index (χ1v) is 7.41. The van der Waals surface area contributed by atoms with Crippen molar-refractivity contribution in [3.05, 3.63) is 47.5 Å². The zero-order valence-corrected chi connectivity index (χ0v) is 12.7. The van der Waals surface area contributed by atoms with Gasteiger partial charge in [-0.1, -0.05) is 13.0 Å².